The highest BCUT2D eigenvalue weighted by Crippen LogP contribution is 2.40. The Morgan fingerprint density at radius 2 is 1.74 bits per heavy atom. The van der Waals surface area contributed by atoms with Gasteiger partial charge in [-0.1, -0.05) is 63.4 Å². The molecule has 4 aromatic rings. The summed E-state index contributed by atoms with van der Waals surface area (Å²) in [5.74, 6) is 1.48. The molecule has 1 fully saturated rings. The highest BCUT2D eigenvalue weighted by molar-refractivity contribution is 5.81. The molecule has 0 bridgehead atoms. The molecule has 9 heteroatoms. The summed E-state index contributed by atoms with van der Waals surface area (Å²) in [7, 11) is 0. The van der Waals surface area contributed by atoms with Crippen LogP contribution in [0.1, 0.15) is 91.2 Å². The van der Waals surface area contributed by atoms with Gasteiger partial charge < -0.3 is 23.8 Å². The van der Waals surface area contributed by atoms with Gasteiger partial charge in [-0.25, -0.2) is 9.78 Å². The second-order valence-corrected chi connectivity index (χ2v) is 15.8. The third-order valence-electron chi connectivity index (χ3n) is 9.83. The van der Waals surface area contributed by atoms with E-state index in [1.54, 1.807) is 13.0 Å². The Kier molecular flexibility index (Phi) is 12.2. The summed E-state index contributed by atoms with van der Waals surface area (Å²) in [6.45, 7) is 30.3. The van der Waals surface area contributed by atoms with E-state index in [2.05, 4.69) is 82.2 Å². The first-order valence-electron chi connectivity index (χ1n) is 18.8. The average molecular weight is 723 g/mol. The molecule has 5 rings (SSSR count). The maximum absolute atomic E-state index is 13.7. The largest absolute Gasteiger partial charge is 0.486 e. The number of benzene rings is 2. The number of piperidine rings is 1. The predicted octanol–water partition coefficient (Wildman–Crippen LogP) is 9.64. The fourth-order valence-electron chi connectivity index (χ4n) is 6.49. The summed E-state index contributed by atoms with van der Waals surface area (Å²) in [5, 5.41) is 5.21. The number of fused-ring (bicyclic) bond motifs is 1. The Morgan fingerprint density at radius 3 is 2.38 bits per heavy atom. The number of carbonyl (C=O) groups is 1. The molecular weight excluding hydrogens is 665 g/mol. The third-order valence-corrected chi connectivity index (χ3v) is 9.83. The lowest BCUT2D eigenvalue weighted by Gasteiger charge is -2.41. The highest BCUT2D eigenvalue weighted by atomic mass is 16.6. The van der Waals surface area contributed by atoms with Gasteiger partial charge in [0.15, 0.2) is 11.8 Å². The molecule has 53 heavy (non-hydrogen) atoms. The minimum atomic E-state index is -1.00. The van der Waals surface area contributed by atoms with Gasteiger partial charge in [0, 0.05) is 36.0 Å². The van der Waals surface area contributed by atoms with Crippen LogP contribution in [0.5, 0.6) is 5.75 Å². The minimum Gasteiger partial charge on any atom is -0.486 e. The molecule has 284 valence electrons. The smallest absolute Gasteiger partial charge is 0.340 e. The Bertz CT molecular complexity index is 1950. The van der Waals surface area contributed by atoms with Gasteiger partial charge in [0.05, 0.1) is 35.7 Å². The molecule has 3 heterocycles. The molecule has 0 saturated carbocycles. The molecule has 2 atom stereocenters. The van der Waals surface area contributed by atoms with E-state index in [9.17, 15) is 4.79 Å². The quantitative estimate of drug-likeness (QED) is 0.0940. The van der Waals surface area contributed by atoms with Gasteiger partial charge in [-0.3, -0.25) is 0 Å². The predicted molar refractivity (Wildman–Crippen MR) is 214 cm³/mol. The maximum atomic E-state index is 13.7. The Labute approximate surface area is 316 Å². The second-order valence-electron chi connectivity index (χ2n) is 15.8. The SMILES string of the molecule is C=CC(C)Oc1cc(C)ccc1-c1cccc(-c2cc3nc(C)c(C(OC(C)(C)C)C(=O)OCC)c(N4CCC(C)(OCC(=C)C(C)C)CC4)n3n2)c1. The van der Waals surface area contributed by atoms with E-state index in [0.717, 1.165) is 57.9 Å². The number of anilines is 1. The number of rotatable bonds is 14. The summed E-state index contributed by atoms with van der Waals surface area (Å²) >= 11 is 0. The van der Waals surface area contributed by atoms with Crippen LogP contribution in [0.2, 0.25) is 0 Å². The Balaban J connectivity index is 1.62. The van der Waals surface area contributed by atoms with Crippen molar-refractivity contribution >= 4 is 17.4 Å². The van der Waals surface area contributed by atoms with Crippen LogP contribution >= 0.6 is 0 Å². The van der Waals surface area contributed by atoms with E-state index in [4.69, 9.17) is 29.0 Å². The summed E-state index contributed by atoms with van der Waals surface area (Å²) in [6, 6.07) is 16.5. The summed E-state index contributed by atoms with van der Waals surface area (Å²) < 4.78 is 26.7. The molecule has 1 aliphatic heterocycles. The molecule has 2 aromatic carbocycles. The topological polar surface area (TPSA) is 87.4 Å². The number of aromatic nitrogens is 3. The summed E-state index contributed by atoms with van der Waals surface area (Å²) in [5.41, 5.74) is 6.95. The number of hydrogen-bond donors (Lipinski definition) is 0. The number of aryl methyl sites for hydroxylation is 2. The molecule has 0 amide bonds. The third kappa shape index (κ3) is 9.37. The van der Waals surface area contributed by atoms with Gasteiger partial charge in [0.1, 0.15) is 17.7 Å². The van der Waals surface area contributed by atoms with E-state index in [1.165, 1.54) is 0 Å². The van der Waals surface area contributed by atoms with Crippen molar-refractivity contribution in [3.8, 4) is 28.1 Å². The molecule has 1 aliphatic rings. The lowest BCUT2D eigenvalue weighted by atomic mass is 9.92. The van der Waals surface area contributed by atoms with Crippen LogP contribution in [0.15, 0.2) is 73.3 Å². The molecule has 2 unspecified atom stereocenters. The van der Waals surface area contributed by atoms with Gasteiger partial charge in [-0.15, -0.1) is 0 Å². The standard InChI is InChI=1S/C44H58N4O5/c1-13-31(7)52-37-24-29(5)18-19-35(37)33-16-15-17-34(25-33)36-26-38-45-32(8)39(40(42(49)50-14-2)53-43(9,10)11)41(48(38)46-36)47-22-20-44(12,21-23-47)51-27-30(6)28(3)4/h13,15-19,24-26,28,31,40H,1,6,14,20-23,27H2,2-5,7-12H3. The fraction of sp³-hybridized carbons (Fsp3) is 0.477. The van der Waals surface area contributed by atoms with Crippen LogP contribution < -0.4 is 9.64 Å². The van der Waals surface area contributed by atoms with Crippen molar-refractivity contribution in [1.29, 1.82) is 0 Å². The van der Waals surface area contributed by atoms with Crippen molar-refractivity contribution in [2.45, 2.75) is 105 Å². The van der Waals surface area contributed by atoms with E-state index in [0.29, 0.717) is 42.5 Å². The molecule has 1 saturated heterocycles. The van der Waals surface area contributed by atoms with Gasteiger partial charge in [0.2, 0.25) is 0 Å². The zero-order valence-corrected chi connectivity index (χ0v) is 33.4. The maximum Gasteiger partial charge on any atom is 0.340 e. The van der Waals surface area contributed by atoms with Crippen LogP contribution in [0.4, 0.5) is 5.82 Å². The van der Waals surface area contributed by atoms with Crippen LogP contribution in [0.25, 0.3) is 28.0 Å². The average Bonchev–Trinajstić information content (AvgIpc) is 3.53. The number of carbonyl (C=O) groups excluding carboxylic acids is 1. The van der Waals surface area contributed by atoms with Gasteiger partial charge in [-0.2, -0.15) is 9.61 Å². The van der Waals surface area contributed by atoms with Gasteiger partial charge >= 0.3 is 5.97 Å². The first kappa shape index (κ1) is 39.7. The van der Waals surface area contributed by atoms with Gasteiger partial charge in [0.25, 0.3) is 0 Å². The zero-order chi connectivity index (χ0) is 38.7. The van der Waals surface area contributed by atoms with Crippen molar-refractivity contribution in [2.24, 2.45) is 5.92 Å². The lowest BCUT2D eigenvalue weighted by Crippen LogP contribution is -2.46. The van der Waals surface area contributed by atoms with E-state index >= 15 is 0 Å². The Morgan fingerprint density at radius 1 is 1.04 bits per heavy atom. The number of esters is 1. The first-order valence-corrected chi connectivity index (χ1v) is 18.8. The minimum absolute atomic E-state index is 0.140. The van der Waals surface area contributed by atoms with E-state index in [1.807, 2.05) is 51.3 Å². The van der Waals surface area contributed by atoms with Crippen molar-refractivity contribution in [3.63, 3.8) is 0 Å². The number of ether oxygens (including phenoxy) is 4. The van der Waals surface area contributed by atoms with E-state index in [-0.39, 0.29) is 18.3 Å². The molecule has 2 aromatic heterocycles. The fourth-order valence-corrected chi connectivity index (χ4v) is 6.49. The normalized spacial score (nSPS) is 15.7. The number of hydrogen-bond acceptors (Lipinski definition) is 8. The van der Waals surface area contributed by atoms with Crippen molar-refractivity contribution in [3.05, 3.63) is 90.2 Å². The van der Waals surface area contributed by atoms with Crippen LogP contribution in [0.3, 0.4) is 0 Å². The molecule has 0 N–H and O–H groups in total. The lowest BCUT2D eigenvalue weighted by molar-refractivity contribution is -0.166. The van der Waals surface area contributed by atoms with Crippen molar-refractivity contribution < 1.29 is 23.7 Å². The zero-order valence-electron chi connectivity index (χ0n) is 33.4. The molecule has 0 radical (unpaired) electrons. The summed E-state index contributed by atoms with van der Waals surface area (Å²) in [6.07, 6.45) is 2.21. The summed E-state index contributed by atoms with van der Waals surface area (Å²) in [4.78, 5) is 21.0. The van der Waals surface area contributed by atoms with Crippen molar-refractivity contribution in [1.82, 2.24) is 14.6 Å². The van der Waals surface area contributed by atoms with Crippen LogP contribution in [-0.2, 0) is 19.0 Å². The molecule has 0 spiro atoms. The van der Waals surface area contributed by atoms with Crippen molar-refractivity contribution in [2.75, 3.05) is 31.2 Å². The van der Waals surface area contributed by atoms with Crippen LogP contribution in [0, 0.1) is 19.8 Å². The second kappa shape index (κ2) is 16.3. The monoisotopic (exact) mass is 722 g/mol. The van der Waals surface area contributed by atoms with Crippen LogP contribution in [-0.4, -0.2) is 64.2 Å². The molecule has 0 aliphatic carbocycles. The van der Waals surface area contributed by atoms with E-state index < -0.39 is 17.7 Å². The highest BCUT2D eigenvalue weighted by Gasteiger charge is 2.38. The Hall–Kier alpha value is -4.47. The first-order chi connectivity index (χ1) is 25.0. The number of nitrogens with zero attached hydrogens (tertiary/aromatic N) is 4. The molecular formula is C44H58N4O5. The molecule has 9 nitrogen and oxygen atoms in total. The van der Waals surface area contributed by atoms with Gasteiger partial charge in [-0.05, 0) is 103 Å².